The molecule has 0 radical (unpaired) electrons. The van der Waals surface area contributed by atoms with E-state index in [9.17, 15) is 4.79 Å². The maximum Gasteiger partial charge on any atom is 0.308 e. The Bertz CT molecular complexity index is 194. The van der Waals surface area contributed by atoms with Crippen LogP contribution in [0.15, 0.2) is 0 Å². The topological polar surface area (TPSA) is 47.6 Å². The maximum absolute atomic E-state index is 11.4. The number of carbonyl (C=O) groups is 1. The molecule has 14 heavy (non-hydrogen) atoms. The molecule has 4 nitrogen and oxygen atoms in total. The number of hydrogen-bond acceptors (Lipinski definition) is 4. The second kappa shape index (κ2) is 5.32. The number of esters is 1. The summed E-state index contributed by atoms with van der Waals surface area (Å²) in [5.74, 6) is -0.187. The lowest BCUT2D eigenvalue weighted by Gasteiger charge is -2.31. The molecule has 0 bridgehead atoms. The number of rotatable bonds is 3. The van der Waals surface area contributed by atoms with Gasteiger partial charge in [0.25, 0.3) is 0 Å². The first-order chi connectivity index (χ1) is 6.65. The highest BCUT2D eigenvalue weighted by Gasteiger charge is 2.28. The van der Waals surface area contributed by atoms with Gasteiger partial charge in [0.1, 0.15) is 6.10 Å². The molecule has 82 valence electrons. The maximum atomic E-state index is 11.4. The van der Waals surface area contributed by atoms with Gasteiger partial charge in [0, 0.05) is 6.42 Å². The molecule has 0 aromatic carbocycles. The molecule has 0 aromatic rings. The molecular formula is C10H19NO3. The Kier molecular flexibility index (Phi) is 4.35. The molecule has 1 heterocycles. The van der Waals surface area contributed by atoms with Crippen molar-refractivity contribution in [2.45, 2.75) is 32.4 Å². The Morgan fingerprint density at radius 3 is 2.86 bits per heavy atom. The van der Waals surface area contributed by atoms with Gasteiger partial charge in [-0.25, -0.2) is 0 Å². The smallest absolute Gasteiger partial charge is 0.308 e. The summed E-state index contributed by atoms with van der Waals surface area (Å²) in [6.45, 7) is 4.98. The van der Waals surface area contributed by atoms with Crippen molar-refractivity contribution in [1.29, 1.82) is 0 Å². The van der Waals surface area contributed by atoms with Crippen LogP contribution in [-0.4, -0.2) is 38.4 Å². The largest absolute Gasteiger partial charge is 0.460 e. The lowest BCUT2D eigenvalue weighted by molar-refractivity contribution is -0.159. The summed E-state index contributed by atoms with van der Waals surface area (Å²) in [6, 6.07) is 0.131. The highest BCUT2D eigenvalue weighted by atomic mass is 16.6. The zero-order chi connectivity index (χ0) is 10.6. The van der Waals surface area contributed by atoms with Crippen molar-refractivity contribution in [3.8, 4) is 0 Å². The van der Waals surface area contributed by atoms with E-state index in [-0.39, 0.29) is 24.0 Å². The molecule has 0 amide bonds. The van der Waals surface area contributed by atoms with Crippen LogP contribution in [0.5, 0.6) is 0 Å². The Labute approximate surface area is 85.0 Å². The van der Waals surface area contributed by atoms with Gasteiger partial charge in [-0.2, -0.15) is 0 Å². The summed E-state index contributed by atoms with van der Waals surface area (Å²) in [5.41, 5.74) is 0. The highest BCUT2D eigenvalue weighted by Crippen LogP contribution is 2.13. The monoisotopic (exact) mass is 201 g/mol. The van der Waals surface area contributed by atoms with Crippen molar-refractivity contribution in [3.05, 3.63) is 0 Å². The van der Waals surface area contributed by atoms with Crippen LogP contribution in [0.25, 0.3) is 0 Å². The van der Waals surface area contributed by atoms with E-state index < -0.39 is 0 Å². The molecule has 0 spiro atoms. The number of nitrogens with one attached hydrogen (secondary N) is 1. The van der Waals surface area contributed by atoms with Crippen molar-refractivity contribution in [2.24, 2.45) is 5.92 Å². The molecule has 1 rings (SSSR count). The number of hydrogen-bond donors (Lipinski definition) is 1. The molecule has 2 atom stereocenters. The number of likely N-dealkylation sites (N-methyl/N-ethyl adjacent to an activating group) is 1. The van der Waals surface area contributed by atoms with E-state index in [2.05, 4.69) is 5.32 Å². The average Bonchev–Trinajstić information content (AvgIpc) is 2.18. The fourth-order valence-corrected chi connectivity index (χ4v) is 1.41. The summed E-state index contributed by atoms with van der Waals surface area (Å²) >= 11 is 0. The Balaban J connectivity index is 2.44. The second-order valence-electron chi connectivity index (χ2n) is 3.89. The molecule has 1 aliphatic heterocycles. The normalized spacial score (nSPS) is 27.7. The third kappa shape index (κ3) is 2.96. The summed E-state index contributed by atoms with van der Waals surface area (Å²) in [4.78, 5) is 11.4. The van der Waals surface area contributed by atoms with Gasteiger partial charge in [-0.15, -0.1) is 0 Å². The minimum absolute atomic E-state index is 0.0383. The summed E-state index contributed by atoms with van der Waals surface area (Å²) in [7, 11) is 1.86. The lowest BCUT2D eigenvalue weighted by Crippen LogP contribution is -2.48. The molecule has 0 aliphatic carbocycles. The van der Waals surface area contributed by atoms with E-state index >= 15 is 0 Å². The van der Waals surface area contributed by atoms with Crippen molar-refractivity contribution in [1.82, 2.24) is 5.32 Å². The molecule has 2 unspecified atom stereocenters. The minimum Gasteiger partial charge on any atom is -0.460 e. The van der Waals surface area contributed by atoms with Gasteiger partial charge in [-0.05, 0) is 7.05 Å². The lowest BCUT2D eigenvalue weighted by atomic mass is 10.1. The number of carbonyl (C=O) groups excluding carboxylic acids is 1. The quantitative estimate of drug-likeness (QED) is 0.678. The van der Waals surface area contributed by atoms with E-state index in [1.165, 1.54) is 0 Å². The van der Waals surface area contributed by atoms with Crippen LogP contribution in [-0.2, 0) is 14.3 Å². The fraction of sp³-hybridized carbons (Fsp3) is 0.900. The SMILES string of the molecule is CNC1COCCC1OC(=O)C(C)C. The highest BCUT2D eigenvalue weighted by molar-refractivity contribution is 5.71. The predicted molar refractivity (Wildman–Crippen MR) is 53.0 cm³/mol. The summed E-state index contributed by atoms with van der Waals surface area (Å²) in [6.07, 6.45) is 0.743. The molecule has 4 heteroatoms. The molecule has 0 saturated carbocycles. The zero-order valence-electron chi connectivity index (χ0n) is 9.08. The van der Waals surface area contributed by atoms with Gasteiger partial charge in [-0.1, -0.05) is 13.8 Å². The van der Waals surface area contributed by atoms with Crippen LogP contribution < -0.4 is 5.32 Å². The molecule has 1 fully saturated rings. The molecule has 0 aromatic heterocycles. The first-order valence-electron chi connectivity index (χ1n) is 5.10. The molecular weight excluding hydrogens is 182 g/mol. The van der Waals surface area contributed by atoms with E-state index in [4.69, 9.17) is 9.47 Å². The van der Waals surface area contributed by atoms with Crippen molar-refractivity contribution in [2.75, 3.05) is 20.3 Å². The van der Waals surface area contributed by atoms with Crippen molar-refractivity contribution in [3.63, 3.8) is 0 Å². The average molecular weight is 201 g/mol. The van der Waals surface area contributed by atoms with E-state index in [0.717, 1.165) is 6.42 Å². The van der Waals surface area contributed by atoms with Crippen LogP contribution in [0.2, 0.25) is 0 Å². The van der Waals surface area contributed by atoms with Gasteiger partial charge in [0.05, 0.1) is 25.2 Å². The Morgan fingerprint density at radius 2 is 2.29 bits per heavy atom. The Morgan fingerprint density at radius 1 is 1.57 bits per heavy atom. The number of ether oxygens (including phenoxy) is 2. The molecule has 1 saturated heterocycles. The van der Waals surface area contributed by atoms with E-state index in [1.54, 1.807) is 0 Å². The van der Waals surface area contributed by atoms with Crippen LogP contribution in [0.1, 0.15) is 20.3 Å². The van der Waals surface area contributed by atoms with E-state index in [1.807, 2.05) is 20.9 Å². The second-order valence-corrected chi connectivity index (χ2v) is 3.89. The van der Waals surface area contributed by atoms with Crippen LogP contribution in [0.3, 0.4) is 0 Å². The van der Waals surface area contributed by atoms with Crippen LogP contribution in [0, 0.1) is 5.92 Å². The summed E-state index contributed by atoms with van der Waals surface area (Å²) < 4.78 is 10.7. The third-order valence-electron chi connectivity index (χ3n) is 2.40. The zero-order valence-corrected chi connectivity index (χ0v) is 9.08. The summed E-state index contributed by atoms with van der Waals surface area (Å²) in [5, 5.41) is 3.10. The van der Waals surface area contributed by atoms with Crippen molar-refractivity contribution < 1.29 is 14.3 Å². The molecule has 1 aliphatic rings. The van der Waals surface area contributed by atoms with Gasteiger partial charge in [-0.3, -0.25) is 4.79 Å². The minimum atomic E-state index is -0.128. The molecule has 1 N–H and O–H groups in total. The van der Waals surface area contributed by atoms with Gasteiger partial charge >= 0.3 is 5.97 Å². The van der Waals surface area contributed by atoms with Crippen molar-refractivity contribution >= 4 is 5.97 Å². The fourth-order valence-electron chi connectivity index (χ4n) is 1.41. The standard InChI is InChI=1S/C10H19NO3/c1-7(2)10(12)14-9-4-5-13-6-8(9)11-3/h7-9,11H,4-6H2,1-3H3. The van der Waals surface area contributed by atoms with Gasteiger partial charge in [0.2, 0.25) is 0 Å². The first kappa shape index (κ1) is 11.5. The van der Waals surface area contributed by atoms with Crippen LogP contribution >= 0.6 is 0 Å². The first-order valence-corrected chi connectivity index (χ1v) is 5.10. The van der Waals surface area contributed by atoms with Gasteiger partial charge < -0.3 is 14.8 Å². The van der Waals surface area contributed by atoms with Gasteiger partial charge in [0.15, 0.2) is 0 Å². The third-order valence-corrected chi connectivity index (χ3v) is 2.40. The van der Waals surface area contributed by atoms with Crippen LogP contribution in [0.4, 0.5) is 0 Å². The predicted octanol–water partition coefficient (Wildman–Crippen LogP) is 0.562. The Hall–Kier alpha value is -0.610. The van der Waals surface area contributed by atoms with E-state index in [0.29, 0.717) is 13.2 Å².